The number of benzene rings is 1. The van der Waals surface area contributed by atoms with E-state index in [-0.39, 0.29) is 10.3 Å². The Hall–Kier alpha value is -1.07. The Bertz CT molecular complexity index is 811. The fourth-order valence-electron chi connectivity index (χ4n) is 6.12. The quantitative estimate of drug-likeness (QED) is 0.842. The minimum Gasteiger partial charge on any atom is -0.342 e. The van der Waals surface area contributed by atoms with Gasteiger partial charge in [0.1, 0.15) is 10.7 Å². The maximum Gasteiger partial charge on any atom is 0.286 e. The van der Waals surface area contributed by atoms with Crippen LogP contribution in [-0.4, -0.2) is 14.3 Å². The monoisotopic (exact) mass is 364 g/mol. The van der Waals surface area contributed by atoms with Crippen molar-refractivity contribution < 1.29 is 8.42 Å². The lowest BCUT2D eigenvalue weighted by Crippen LogP contribution is -2.47. The first kappa shape index (κ1) is 15.2. The number of amidine groups is 1. The van der Waals surface area contributed by atoms with Gasteiger partial charge in [-0.1, -0.05) is 11.6 Å². The number of anilines is 1. The summed E-state index contributed by atoms with van der Waals surface area (Å²) in [7, 11) is -3.66. The van der Waals surface area contributed by atoms with Gasteiger partial charge in [-0.05, 0) is 79.9 Å². The van der Waals surface area contributed by atoms with Crippen LogP contribution in [0.4, 0.5) is 5.69 Å². The van der Waals surface area contributed by atoms with Crippen LogP contribution >= 0.6 is 11.6 Å². The second kappa shape index (κ2) is 4.98. The van der Waals surface area contributed by atoms with E-state index in [1.807, 2.05) is 0 Å². The van der Waals surface area contributed by atoms with Crippen LogP contribution < -0.4 is 5.32 Å². The normalized spacial score (nSPS) is 38.4. The van der Waals surface area contributed by atoms with E-state index in [9.17, 15) is 8.42 Å². The third kappa shape index (κ3) is 2.39. The van der Waals surface area contributed by atoms with Crippen molar-refractivity contribution in [3.63, 3.8) is 0 Å². The van der Waals surface area contributed by atoms with Crippen LogP contribution in [0.1, 0.15) is 44.9 Å². The Morgan fingerprint density at radius 1 is 1.12 bits per heavy atom. The zero-order chi connectivity index (χ0) is 16.5. The largest absolute Gasteiger partial charge is 0.342 e. The number of hydrogen-bond acceptors (Lipinski definition) is 3. The van der Waals surface area contributed by atoms with Gasteiger partial charge in [0.05, 0.1) is 5.69 Å². The summed E-state index contributed by atoms with van der Waals surface area (Å²) in [4.78, 5) is 0.185. The molecule has 1 N–H and O–H groups in total. The Labute approximate surface area is 147 Å². The molecule has 1 aromatic carbocycles. The van der Waals surface area contributed by atoms with Crippen LogP contribution in [0.3, 0.4) is 0 Å². The SMILES string of the molecule is O=S1(=O)N=C(CC23CC4CC(CC(C4)C2)C3)Nc2ccc(Cl)cc21. The van der Waals surface area contributed by atoms with Gasteiger partial charge >= 0.3 is 0 Å². The summed E-state index contributed by atoms with van der Waals surface area (Å²) >= 11 is 5.94. The average Bonchev–Trinajstić information content (AvgIpc) is 2.45. The van der Waals surface area contributed by atoms with E-state index in [0.29, 0.717) is 16.5 Å². The summed E-state index contributed by atoms with van der Waals surface area (Å²) in [5.74, 6) is 3.17. The van der Waals surface area contributed by atoms with Gasteiger partial charge in [-0.15, -0.1) is 4.40 Å². The summed E-state index contributed by atoms with van der Waals surface area (Å²) in [6.07, 6.45) is 8.65. The van der Waals surface area contributed by atoms with Crippen LogP contribution in [0.2, 0.25) is 5.02 Å². The zero-order valence-corrected chi connectivity index (χ0v) is 15.0. The van der Waals surface area contributed by atoms with Gasteiger partial charge in [-0.2, -0.15) is 8.42 Å². The third-order valence-electron chi connectivity index (χ3n) is 6.44. The van der Waals surface area contributed by atoms with Crippen LogP contribution in [0.25, 0.3) is 0 Å². The van der Waals surface area contributed by atoms with Crippen molar-refractivity contribution in [2.45, 2.75) is 49.8 Å². The molecule has 6 heteroatoms. The maximum absolute atomic E-state index is 12.5. The molecule has 1 aliphatic heterocycles. The molecule has 0 spiro atoms. The van der Waals surface area contributed by atoms with Crippen LogP contribution in [0.15, 0.2) is 27.5 Å². The smallest absolute Gasteiger partial charge is 0.286 e. The molecule has 0 unspecified atom stereocenters. The Morgan fingerprint density at radius 3 is 2.38 bits per heavy atom. The van der Waals surface area contributed by atoms with Crippen molar-refractivity contribution in [3.8, 4) is 0 Å². The van der Waals surface area contributed by atoms with E-state index < -0.39 is 10.0 Å². The molecule has 5 aliphatic rings. The number of sulfonamides is 1. The number of fused-ring (bicyclic) bond motifs is 1. The molecule has 4 saturated carbocycles. The van der Waals surface area contributed by atoms with E-state index in [1.54, 1.807) is 12.1 Å². The minimum absolute atomic E-state index is 0.185. The van der Waals surface area contributed by atoms with E-state index in [2.05, 4.69) is 9.71 Å². The first-order chi connectivity index (χ1) is 11.4. The van der Waals surface area contributed by atoms with Crippen LogP contribution in [0.5, 0.6) is 0 Å². The number of halogens is 1. The second-order valence-corrected chi connectivity index (χ2v) is 10.4. The highest BCUT2D eigenvalue weighted by atomic mass is 35.5. The molecule has 4 nitrogen and oxygen atoms in total. The molecular formula is C18H21ClN2O2S. The van der Waals surface area contributed by atoms with Crippen LogP contribution in [0, 0.1) is 23.2 Å². The molecule has 0 radical (unpaired) electrons. The van der Waals surface area contributed by atoms with Crippen molar-refractivity contribution in [1.82, 2.24) is 0 Å². The highest BCUT2D eigenvalue weighted by Crippen LogP contribution is 2.61. The van der Waals surface area contributed by atoms with Gasteiger partial charge in [0.2, 0.25) is 0 Å². The lowest BCUT2D eigenvalue weighted by Gasteiger charge is -2.57. The molecule has 0 atom stereocenters. The standard InChI is InChI=1S/C18H21ClN2O2S/c19-14-1-2-15-16(6-14)24(22,23)21-17(20-15)10-18-7-11-3-12(8-18)5-13(4-11)9-18/h1-2,6,11-13H,3-5,7-10H2,(H,20,21). The second-order valence-electron chi connectivity index (χ2n) is 8.37. The molecule has 1 heterocycles. The van der Waals surface area contributed by atoms with E-state index in [0.717, 1.165) is 24.2 Å². The first-order valence-electron chi connectivity index (χ1n) is 8.81. The molecule has 0 saturated heterocycles. The predicted octanol–water partition coefficient (Wildman–Crippen LogP) is 4.46. The number of nitrogens with zero attached hydrogens (tertiary/aromatic N) is 1. The van der Waals surface area contributed by atoms with Gasteiger partial charge in [0.15, 0.2) is 0 Å². The summed E-state index contributed by atoms with van der Waals surface area (Å²) in [5, 5.41) is 3.68. The molecule has 24 heavy (non-hydrogen) atoms. The summed E-state index contributed by atoms with van der Waals surface area (Å²) in [6.45, 7) is 0. The Balaban J connectivity index is 1.47. The molecule has 4 fully saturated rings. The Morgan fingerprint density at radius 2 is 1.75 bits per heavy atom. The topological polar surface area (TPSA) is 58.5 Å². The first-order valence-corrected chi connectivity index (χ1v) is 10.6. The fourth-order valence-corrected chi connectivity index (χ4v) is 7.53. The highest BCUT2D eigenvalue weighted by Gasteiger charge is 2.51. The predicted molar refractivity (Wildman–Crippen MR) is 94.9 cm³/mol. The van der Waals surface area contributed by atoms with Gasteiger partial charge < -0.3 is 5.32 Å². The molecule has 6 rings (SSSR count). The molecule has 0 aromatic heterocycles. The van der Waals surface area contributed by atoms with E-state index in [1.165, 1.54) is 44.6 Å². The minimum atomic E-state index is -3.66. The summed E-state index contributed by atoms with van der Waals surface area (Å²) in [6, 6.07) is 4.93. The van der Waals surface area contributed by atoms with Crippen molar-refractivity contribution in [2.24, 2.45) is 27.6 Å². The van der Waals surface area contributed by atoms with Gasteiger partial charge in [-0.3, -0.25) is 0 Å². The summed E-state index contributed by atoms with van der Waals surface area (Å²) < 4.78 is 29.2. The van der Waals surface area contributed by atoms with Gasteiger partial charge in [-0.25, -0.2) is 0 Å². The summed E-state index contributed by atoms with van der Waals surface area (Å²) in [5.41, 5.74) is 0.870. The van der Waals surface area contributed by atoms with Crippen molar-refractivity contribution in [3.05, 3.63) is 23.2 Å². The van der Waals surface area contributed by atoms with Crippen molar-refractivity contribution in [1.29, 1.82) is 0 Å². The number of hydrogen-bond donors (Lipinski definition) is 1. The lowest BCUT2D eigenvalue weighted by molar-refractivity contribution is -0.0481. The van der Waals surface area contributed by atoms with Crippen molar-refractivity contribution in [2.75, 3.05) is 5.32 Å². The zero-order valence-electron chi connectivity index (χ0n) is 13.5. The third-order valence-corrected chi connectivity index (χ3v) is 8.03. The Kier molecular flexibility index (Phi) is 3.15. The van der Waals surface area contributed by atoms with E-state index in [4.69, 9.17) is 11.6 Å². The molecule has 4 aliphatic carbocycles. The van der Waals surface area contributed by atoms with Crippen LogP contribution in [-0.2, 0) is 10.0 Å². The fraction of sp³-hybridized carbons (Fsp3) is 0.611. The highest BCUT2D eigenvalue weighted by molar-refractivity contribution is 7.90. The molecular weight excluding hydrogens is 344 g/mol. The van der Waals surface area contributed by atoms with Gasteiger partial charge in [0, 0.05) is 11.4 Å². The lowest BCUT2D eigenvalue weighted by atomic mass is 9.49. The van der Waals surface area contributed by atoms with Gasteiger partial charge in [0.25, 0.3) is 10.0 Å². The van der Waals surface area contributed by atoms with E-state index >= 15 is 0 Å². The molecule has 0 amide bonds. The maximum atomic E-state index is 12.5. The number of nitrogens with one attached hydrogen (secondary N) is 1. The molecule has 128 valence electrons. The molecule has 1 aromatic rings. The van der Waals surface area contributed by atoms with Crippen molar-refractivity contribution >= 4 is 33.1 Å². The average molecular weight is 365 g/mol. The molecule has 4 bridgehead atoms. The number of rotatable bonds is 2.